The maximum absolute atomic E-state index is 13.0. The van der Waals surface area contributed by atoms with Crippen molar-refractivity contribution in [1.29, 1.82) is 0 Å². The van der Waals surface area contributed by atoms with Crippen LogP contribution in [0.25, 0.3) is 0 Å². The molecule has 1 fully saturated rings. The lowest BCUT2D eigenvalue weighted by Crippen LogP contribution is -2.49. The zero-order valence-electron chi connectivity index (χ0n) is 17.3. The van der Waals surface area contributed by atoms with Gasteiger partial charge in [-0.05, 0) is 32.1 Å². The molecular formula is C18H28F3N3O4S. The van der Waals surface area contributed by atoms with E-state index in [1.165, 1.54) is 18.2 Å². The third-order valence-electron chi connectivity index (χ3n) is 4.72. The Morgan fingerprint density at radius 1 is 1.17 bits per heavy atom. The van der Waals surface area contributed by atoms with Crippen molar-refractivity contribution in [3.63, 3.8) is 0 Å². The highest BCUT2D eigenvalue weighted by molar-refractivity contribution is 7.89. The predicted octanol–water partition coefficient (Wildman–Crippen LogP) is 3.13. The van der Waals surface area contributed by atoms with E-state index in [1.807, 2.05) is 0 Å². The summed E-state index contributed by atoms with van der Waals surface area (Å²) < 4.78 is 70.8. The van der Waals surface area contributed by atoms with Gasteiger partial charge in [0.2, 0.25) is 15.9 Å². The van der Waals surface area contributed by atoms with Gasteiger partial charge in [-0.15, -0.1) is 0 Å². The number of nitrogens with zero attached hydrogens (tertiary/aromatic N) is 3. The molecule has 0 unspecified atom stereocenters. The summed E-state index contributed by atoms with van der Waals surface area (Å²) in [4.78, 5) is 13.6. The second-order valence-corrected chi connectivity index (χ2v) is 10.6. The Balaban J connectivity index is 2.11. The highest BCUT2D eigenvalue weighted by Crippen LogP contribution is 2.30. The Labute approximate surface area is 169 Å². The number of aryl methyl sites for hydroxylation is 2. The van der Waals surface area contributed by atoms with E-state index in [0.717, 1.165) is 4.90 Å². The standard InChI is InChI=1S/C18H28F3N3O4S/c1-12-15(13(2)28-22-12)29(26,27)24-8-6-14(7-9-24)16(25)23(10-17(3,4)5)11-18(19,20)21/h14H,6-11H2,1-5H3. The quantitative estimate of drug-likeness (QED) is 0.704. The molecule has 0 saturated carbocycles. The van der Waals surface area contributed by atoms with Gasteiger partial charge in [0.05, 0.1) is 0 Å². The van der Waals surface area contributed by atoms with E-state index in [1.54, 1.807) is 20.8 Å². The summed E-state index contributed by atoms with van der Waals surface area (Å²) in [6.45, 7) is 7.11. The van der Waals surface area contributed by atoms with Gasteiger partial charge in [0.1, 0.15) is 17.1 Å². The lowest BCUT2D eigenvalue weighted by atomic mass is 9.92. The number of piperidine rings is 1. The number of carbonyl (C=O) groups is 1. The van der Waals surface area contributed by atoms with E-state index in [9.17, 15) is 26.4 Å². The molecule has 7 nitrogen and oxygen atoms in total. The molecule has 0 atom stereocenters. The van der Waals surface area contributed by atoms with Crippen molar-refractivity contribution in [2.75, 3.05) is 26.2 Å². The van der Waals surface area contributed by atoms with Crippen LogP contribution in [0.4, 0.5) is 13.2 Å². The van der Waals surface area contributed by atoms with Crippen LogP contribution in [0.5, 0.6) is 0 Å². The lowest BCUT2D eigenvalue weighted by Gasteiger charge is -2.36. The molecule has 166 valence electrons. The highest BCUT2D eigenvalue weighted by atomic mass is 32.2. The number of hydrogen-bond donors (Lipinski definition) is 0. The van der Waals surface area contributed by atoms with Crippen molar-refractivity contribution in [3.05, 3.63) is 11.5 Å². The largest absolute Gasteiger partial charge is 0.406 e. The van der Waals surface area contributed by atoms with Crippen LogP contribution < -0.4 is 0 Å². The van der Waals surface area contributed by atoms with Crippen molar-refractivity contribution < 1.29 is 30.9 Å². The van der Waals surface area contributed by atoms with Gasteiger partial charge < -0.3 is 9.42 Å². The van der Waals surface area contributed by atoms with Gasteiger partial charge in [-0.2, -0.15) is 17.5 Å². The maximum atomic E-state index is 13.0. The number of hydrogen-bond acceptors (Lipinski definition) is 5. The van der Waals surface area contributed by atoms with Crippen molar-refractivity contribution in [1.82, 2.24) is 14.4 Å². The smallest absolute Gasteiger partial charge is 0.360 e. The zero-order valence-corrected chi connectivity index (χ0v) is 18.2. The Hall–Kier alpha value is -1.62. The first-order chi connectivity index (χ1) is 13.1. The zero-order chi connectivity index (χ0) is 22.2. The van der Waals surface area contributed by atoms with Crippen LogP contribution in [0.2, 0.25) is 0 Å². The predicted molar refractivity (Wildman–Crippen MR) is 99.5 cm³/mol. The van der Waals surface area contributed by atoms with Gasteiger partial charge in [-0.3, -0.25) is 4.79 Å². The molecule has 0 N–H and O–H groups in total. The molecule has 11 heteroatoms. The molecular weight excluding hydrogens is 411 g/mol. The monoisotopic (exact) mass is 439 g/mol. The molecule has 0 bridgehead atoms. The maximum Gasteiger partial charge on any atom is 0.406 e. The van der Waals surface area contributed by atoms with E-state index in [0.29, 0.717) is 0 Å². The fraction of sp³-hybridized carbons (Fsp3) is 0.778. The SMILES string of the molecule is Cc1noc(C)c1S(=O)(=O)N1CCC(C(=O)N(CC(C)(C)C)CC(F)(F)F)CC1. The second-order valence-electron chi connectivity index (χ2n) is 8.70. The molecule has 29 heavy (non-hydrogen) atoms. The van der Waals surface area contributed by atoms with Crippen LogP contribution in [0.3, 0.4) is 0 Å². The molecule has 1 saturated heterocycles. The number of alkyl halides is 3. The van der Waals surface area contributed by atoms with Crippen LogP contribution in [0.15, 0.2) is 9.42 Å². The summed E-state index contributed by atoms with van der Waals surface area (Å²) >= 11 is 0. The van der Waals surface area contributed by atoms with Crippen molar-refractivity contribution in [2.45, 2.75) is 58.5 Å². The Morgan fingerprint density at radius 2 is 1.72 bits per heavy atom. The first kappa shape index (κ1) is 23.7. The summed E-state index contributed by atoms with van der Waals surface area (Å²) in [5, 5.41) is 3.66. The number of halogens is 3. The summed E-state index contributed by atoms with van der Waals surface area (Å²) in [5.74, 6) is -1.04. The fourth-order valence-electron chi connectivity index (χ4n) is 3.57. The number of carbonyl (C=O) groups excluding carboxylic acids is 1. The van der Waals surface area contributed by atoms with Crippen LogP contribution in [-0.2, 0) is 14.8 Å². The minimum Gasteiger partial charge on any atom is -0.360 e. The van der Waals surface area contributed by atoms with E-state index >= 15 is 0 Å². The van der Waals surface area contributed by atoms with E-state index in [4.69, 9.17) is 4.52 Å². The van der Waals surface area contributed by atoms with E-state index in [2.05, 4.69) is 5.16 Å². The summed E-state index contributed by atoms with van der Waals surface area (Å²) in [6.07, 6.45) is -4.16. The van der Waals surface area contributed by atoms with Gasteiger partial charge in [0.25, 0.3) is 0 Å². The van der Waals surface area contributed by atoms with Gasteiger partial charge in [-0.1, -0.05) is 25.9 Å². The van der Waals surface area contributed by atoms with Crippen molar-refractivity contribution in [3.8, 4) is 0 Å². The summed E-state index contributed by atoms with van der Waals surface area (Å²) in [6, 6.07) is 0. The first-order valence-corrected chi connectivity index (χ1v) is 10.8. The molecule has 2 heterocycles. The molecule has 2 rings (SSSR count). The molecule has 1 aromatic heterocycles. The number of rotatable bonds is 5. The Kier molecular flexibility index (Phi) is 6.73. The molecule has 1 amide bonds. The van der Waals surface area contributed by atoms with E-state index < -0.39 is 40.0 Å². The average Bonchev–Trinajstić information content (AvgIpc) is 2.90. The number of amides is 1. The summed E-state index contributed by atoms with van der Waals surface area (Å²) in [5.41, 5.74) is -0.240. The highest BCUT2D eigenvalue weighted by Gasteiger charge is 2.40. The normalized spacial score (nSPS) is 17.5. The molecule has 0 aliphatic carbocycles. The second kappa shape index (κ2) is 8.25. The number of aromatic nitrogens is 1. The lowest BCUT2D eigenvalue weighted by molar-refractivity contribution is -0.166. The van der Waals surface area contributed by atoms with Crippen LogP contribution in [-0.4, -0.2) is 61.0 Å². The minimum absolute atomic E-state index is 0.00806. The topological polar surface area (TPSA) is 83.7 Å². The third-order valence-corrected chi connectivity index (χ3v) is 6.86. The van der Waals surface area contributed by atoms with Gasteiger partial charge in [0.15, 0.2) is 5.76 Å². The Bertz CT molecular complexity index is 800. The van der Waals surface area contributed by atoms with Crippen molar-refractivity contribution in [2.24, 2.45) is 11.3 Å². The molecule has 0 spiro atoms. The van der Waals surface area contributed by atoms with Crippen LogP contribution in [0.1, 0.15) is 45.1 Å². The molecule has 1 aliphatic heterocycles. The third kappa shape index (κ3) is 5.94. The number of sulfonamides is 1. The summed E-state index contributed by atoms with van der Waals surface area (Å²) in [7, 11) is -3.83. The van der Waals surface area contributed by atoms with Crippen LogP contribution >= 0.6 is 0 Å². The minimum atomic E-state index is -4.49. The molecule has 0 aromatic carbocycles. The first-order valence-electron chi connectivity index (χ1n) is 9.40. The average molecular weight is 440 g/mol. The van der Waals surface area contributed by atoms with E-state index in [-0.39, 0.29) is 48.8 Å². The van der Waals surface area contributed by atoms with Crippen LogP contribution in [0, 0.1) is 25.2 Å². The molecule has 1 aromatic rings. The van der Waals surface area contributed by atoms with Crippen molar-refractivity contribution >= 4 is 15.9 Å². The molecule has 1 aliphatic rings. The van der Waals surface area contributed by atoms with Gasteiger partial charge in [0, 0.05) is 25.6 Å². The van der Waals surface area contributed by atoms with Gasteiger partial charge >= 0.3 is 6.18 Å². The molecule has 0 radical (unpaired) electrons. The fourth-order valence-corrected chi connectivity index (χ4v) is 5.33. The van der Waals surface area contributed by atoms with Gasteiger partial charge in [-0.25, -0.2) is 8.42 Å². The Morgan fingerprint density at radius 3 is 2.14 bits per heavy atom.